The zero-order chi connectivity index (χ0) is 18.6. The molecule has 6 heteroatoms. The van der Waals surface area contributed by atoms with Crippen LogP contribution < -0.4 is 15.1 Å². The van der Waals surface area contributed by atoms with E-state index >= 15 is 0 Å². The lowest BCUT2D eigenvalue weighted by Gasteiger charge is -2.36. The molecule has 1 saturated heterocycles. The van der Waals surface area contributed by atoms with Gasteiger partial charge in [-0.15, -0.1) is 0 Å². The summed E-state index contributed by atoms with van der Waals surface area (Å²) in [7, 11) is 0. The van der Waals surface area contributed by atoms with Crippen molar-refractivity contribution in [3.05, 3.63) is 71.4 Å². The number of anilines is 4. The number of aromatic nitrogens is 2. The first kappa shape index (κ1) is 17.6. The molecule has 4 rings (SSSR count). The Labute approximate surface area is 164 Å². The van der Waals surface area contributed by atoms with Gasteiger partial charge in [0.15, 0.2) is 0 Å². The second kappa shape index (κ2) is 7.84. The lowest BCUT2D eigenvalue weighted by Crippen LogP contribution is -2.47. The highest BCUT2D eigenvalue weighted by Gasteiger charge is 2.19. The molecule has 0 amide bonds. The van der Waals surface area contributed by atoms with E-state index in [0.717, 1.165) is 49.2 Å². The van der Waals surface area contributed by atoms with Crippen LogP contribution >= 0.6 is 11.6 Å². The molecule has 0 aliphatic carbocycles. The highest BCUT2D eigenvalue weighted by atomic mass is 35.5. The largest absolute Gasteiger partial charge is 0.368 e. The maximum atomic E-state index is 6.11. The van der Waals surface area contributed by atoms with E-state index in [4.69, 9.17) is 16.6 Å². The van der Waals surface area contributed by atoms with Crippen molar-refractivity contribution >= 4 is 34.7 Å². The Bertz CT molecular complexity index is 907. The standard InChI is InChI=1S/C21H22ClN5/c1-16-7-8-17(22)15-19(16)24-20-9-10-23-21(25-20)27-13-11-26(12-14-27)18-5-3-2-4-6-18/h2-10,15H,11-14H2,1H3,(H,23,24,25). The molecule has 3 aromatic rings. The van der Waals surface area contributed by atoms with Crippen LogP contribution in [0.1, 0.15) is 5.56 Å². The van der Waals surface area contributed by atoms with Crippen LogP contribution in [0.2, 0.25) is 5.02 Å². The van der Waals surface area contributed by atoms with E-state index in [9.17, 15) is 0 Å². The zero-order valence-electron chi connectivity index (χ0n) is 15.3. The summed E-state index contributed by atoms with van der Waals surface area (Å²) >= 11 is 6.11. The van der Waals surface area contributed by atoms with Gasteiger partial charge in [-0.05, 0) is 42.8 Å². The van der Waals surface area contributed by atoms with E-state index < -0.39 is 0 Å². The first-order valence-corrected chi connectivity index (χ1v) is 9.48. The molecule has 0 spiro atoms. The molecule has 0 saturated carbocycles. The fourth-order valence-electron chi connectivity index (χ4n) is 3.24. The smallest absolute Gasteiger partial charge is 0.227 e. The van der Waals surface area contributed by atoms with Crippen molar-refractivity contribution < 1.29 is 0 Å². The normalized spacial score (nSPS) is 14.3. The molecule has 1 fully saturated rings. The maximum absolute atomic E-state index is 6.11. The molecule has 0 bridgehead atoms. The van der Waals surface area contributed by atoms with Gasteiger partial charge in [0.25, 0.3) is 0 Å². The van der Waals surface area contributed by atoms with E-state index in [-0.39, 0.29) is 0 Å². The molecule has 138 valence electrons. The molecular weight excluding hydrogens is 358 g/mol. The van der Waals surface area contributed by atoms with Crippen molar-refractivity contribution in [2.75, 3.05) is 41.3 Å². The van der Waals surface area contributed by atoms with Crippen LogP contribution in [-0.2, 0) is 0 Å². The van der Waals surface area contributed by atoms with E-state index in [2.05, 4.69) is 44.4 Å². The van der Waals surface area contributed by atoms with Gasteiger partial charge in [-0.25, -0.2) is 4.98 Å². The van der Waals surface area contributed by atoms with Crippen molar-refractivity contribution in [2.45, 2.75) is 6.92 Å². The third-order valence-electron chi connectivity index (χ3n) is 4.79. The Balaban J connectivity index is 1.45. The molecule has 2 heterocycles. The predicted molar refractivity (Wildman–Crippen MR) is 112 cm³/mol. The van der Waals surface area contributed by atoms with E-state index in [0.29, 0.717) is 5.02 Å². The number of nitrogens with one attached hydrogen (secondary N) is 1. The van der Waals surface area contributed by atoms with Gasteiger partial charge in [0.05, 0.1) is 0 Å². The Kier molecular flexibility index (Phi) is 5.12. The SMILES string of the molecule is Cc1ccc(Cl)cc1Nc1ccnc(N2CCN(c3ccccc3)CC2)n1. The van der Waals surface area contributed by atoms with E-state index in [1.807, 2.05) is 37.3 Å². The molecule has 0 atom stereocenters. The third-order valence-corrected chi connectivity index (χ3v) is 5.02. The van der Waals surface area contributed by atoms with Gasteiger partial charge in [0.2, 0.25) is 5.95 Å². The van der Waals surface area contributed by atoms with Crippen molar-refractivity contribution in [3.63, 3.8) is 0 Å². The maximum Gasteiger partial charge on any atom is 0.227 e. The van der Waals surface area contributed by atoms with E-state index in [1.165, 1.54) is 5.69 Å². The molecule has 1 aliphatic heterocycles. The number of piperazine rings is 1. The minimum Gasteiger partial charge on any atom is -0.368 e. The number of para-hydroxylation sites is 1. The highest BCUT2D eigenvalue weighted by Crippen LogP contribution is 2.24. The van der Waals surface area contributed by atoms with Gasteiger partial charge < -0.3 is 15.1 Å². The molecular formula is C21H22ClN5. The molecule has 1 N–H and O–H groups in total. The Morgan fingerprint density at radius 2 is 1.67 bits per heavy atom. The molecule has 0 unspecified atom stereocenters. The van der Waals surface area contributed by atoms with Crippen LogP contribution in [0.25, 0.3) is 0 Å². The minimum atomic E-state index is 0.703. The minimum absolute atomic E-state index is 0.703. The Hall–Kier alpha value is -2.79. The van der Waals surface area contributed by atoms with Crippen molar-refractivity contribution in [1.29, 1.82) is 0 Å². The number of hydrogen-bond acceptors (Lipinski definition) is 5. The molecule has 2 aromatic carbocycles. The summed E-state index contributed by atoms with van der Waals surface area (Å²) in [6.07, 6.45) is 1.80. The number of benzene rings is 2. The van der Waals surface area contributed by atoms with Gasteiger partial charge in [-0.2, -0.15) is 4.98 Å². The summed E-state index contributed by atoms with van der Waals surface area (Å²) in [4.78, 5) is 13.8. The van der Waals surface area contributed by atoms with Crippen molar-refractivity contribution in [3.8, 4) is 0 Å². The Morgan fingerprint density at radius 3 is 2.44 bits per heavy atom. The monoisotopic (exact) mass is 379 g/mol. The molecule has 1 aliphatic rings. The lowest BCUT2D eigenvalue weighted by molar-refractivity contribution is 0.640. The summed E-state index contributed by atoms with van der Waals surface area (Å²) in [5.74, 6) is 1.53. The average Bonchev–Trinajstić information content (AvgIpc) is 2.72. The number of halogens is 1. The lowest BCUT2D eigenvalue weighted by atomic mass is 10.2. The summed E-state index contributed by atoms with van der Waals surface area (Å²) in [6, 6.07) is 18.2. The first-order chi connectivity index (χ1) is 13.2. The van der Waals surface area contributed by atoms with Gasteiger partial charge in [0, 0.05) is 48.8 Å². The fraction of sp³-hybridized carbons (Fsp3) is 0.238. The summed E-state index contributed by atoms with van der Waals surface area (Å²) in [5.41, 5.74) is 3.35. The van der Waals surface area contributed by atoms with Crippen LogP contribution in [0.5, 0.6) is 0 Å². The van der Waals surface area contributed by atoms with Crippen molar-refractivity contribution in [1.82, 2.24) is 9.97 Å². The fourth-order valence-corrected chi connectivity index (χ4v) is 3.41. The quantitative estimate of drug-likeness (QED) is 0.722. The van der Waals surface area contributed by atoms with Gasteiger partial charge in [-0.3, -0.25) is 0 Å². The van der Waals surface area contributed by atoms with Crippen LogP contribution in [0.4, 0.5) is 23.1 Å². The van der Waals surface area contributed by atoms with Crippen LogP contribution in [0.3, 0.4) is 0 Å². The number of aryl methyl sites for hydroxylation is 1. The number of rotatable bonds is 4. The number of nitrogens with zero attached hydrogens (tertiary/aromatic N) is 4. The van der Waals surface area contributed by atoms with Crippen LogP contribution in [-0.4, -0.2) is 36.1 Å². The molecule has 5 nitrogen and oxygen atoms in total. The van der Waals surface area contributed by atoms with Crippen LogP contribution in [0, 0.1) is 6.92 Å². The second-order valence-corrected chi connectivity index (χ2v) is 7.07. The summed E-state index contributed by atoms with van der Waals surface area (Å²) < 4.78 is 0. The summed E-state index contributed by atoms with van der Waals surface area (Å²) in [5, 5.41) is 4.06. The van der Waals surface area contributed by atoms with E-state index in [1.54, 1.807) is 6.20 Å². The molecule has 27 heavy (non-hydrogen) atoms. The topological polar surface area (TPSA) is 44.3 Å². The van der Waals surface area contributed by atoms with Gasteiger partial charge in [0.1, 0.15) is 5.82 Å². The second-order valence-electron chi connectivity index (χ2n) is 6.64. The first-order valence-electron chi connectivity index (χ1n) is 9.10. The van der Waals surface area contributed by atoms with Crippen molar-refractivity contribution in [2.24, 2.45) is 0 Å². The van der Waals surface area contributed by atoms with Crippen LogP contribution in [0.15, 0.2) is 60.8 Å². The third kappa shape index (κ3) is 4.14. The number of hydrogen-bond donors (Lipinski definition) is 1. The average molecular weight is 380 g/mol. The molecule has 0 radical (unpaired) electrons. The van der Waals surface area contributed by atoms with Gasteiger partial charge in [-0.1, -0.05) is 35.9 Å². The Morgan fingerprint density at radius 1 is 0.926 bits per heavy atom. The predicted octanol–water partition coefficient (Wildman–Crippen LogP) is 4.51. The van der Waals surface area contributed by atoms with Gasteiger partial charge >= 0.3 is 0 Å². The zero-order valence-corrected chi connectivity index (χ0v) is 16.0. The molecule has 1 aromatic heterocycles. The summed E-state index contributed by atoms with van der Waals surface area (Å²) in [6.45, 7) is 5.75. The highest BCUT2D eigenvalue weighted by molar-refractivity contribution is 6.30.